The van der Waals surface area contributed by atoms with Crippen LogP contribution in [0.5, 0.6) is 0 Å². The van der Waals surface area contributed by atoms with Crippen molar-refractivity contribution in [3.05, 3.63) is 455 Å². The quantitative estimate of drug-likeness (QED) is 0.0304. The molecule has 140 heavy (non-hydrogen) atoms. The first-order valence-corrected chi connectivity index (χ1v) is 49.1. The molecule has 3 aliphatic rings. The molecule has 23 rings (SSSR count). The molecule has 20 aromatic carbocycles. The van der Waals surface area contributed by atoms with Gasteiger partial charge in [-0.25, -0.2) is 4.79 Å². The molecule has 0 spiro atoms. The van der Waals surface area contributed by atoms with Gasteiger partial charge in [0.1, 0.15) is 0 Å². The number of rotatable bonds is 9. The molecule has 0 atom stereocenters. The standard InChI is InChI=1S/C35H27N.C23H19BrO.C23H17Br.C22H15BrO2.C12H11N.C4H8O.C2H4O2.CH3.BrH.Mg.H2O4S/c1-35(2)32-22-21-29-28-16-10-9-11-24(28)17-19-30(29)34(32)31-20-18-27(23-33(31)35)36(25-12-5-3-6-13-25)26-14-7-4-8-15-26;1-23(2,25)22-14-16(24)11-13-21(22)19-9-5-8-18-17-7-4-3-6-15(17)10-12-20(18)19;1-23(2)20-12-11-17-16-6-4-3-5-14(16)7-9-18(17)22(20)19-10-8-15(24)13-21(19)23;1-25-22(24)21-13-15(23)10-12-20(21)18-8-4-7-17-16-6-3-2-5-14(16)9-11-19(17)18;1-3-7-11(8-4-1)13-12-9-5-2-6-10-12;1-2-4-5-3-1;1-2(3)4;;;;1-5(2,3)4/h3-23H,1-2H3;3-14,25H,1-2H3;3-13H,1-2H3;2-13H,1H3;1-10,13H;1-4H2;1H3,(H,3,4);1H3;1H;;(H2,1,2,3,4)/q;;;;;;;-1;;+2;/p-1. The van der Waals surface area contributed by atoms with E-state index in [4.69, 9.17) is 36.9 Å². The number of hydrogen-bond acceptors (Lipinski definition) is 9. The largest absolute Gasteiger partial charge is 2.00 e. The number of benzene rings is 20. The molecule has 0 radical (unpaired) electrons. The third-order valence-electron chi connectivity index (χ3n) is 25.2. The summed E-state index contributed by atoms with van der Waals surface area (Å²) < 4.78 is 44.5. The number of carboxylic acid groups (broad SMARTS) is 1. The number of carbonyl (C=O) groups excluding carboxylic acids is 1. The molecule has 700 valence electrons. The first-order chi connectivity index (χ1) is 66.0. The molecule has 12 nitrogen and oxygen atoms in total. The molecular weight excluding hydrogens is 2030 g/mol. The smallest absolute Gasteiger partial charge is 1.00 e. The number of fused-ring (bicyclic) bond motifs is 20. The van der Waals surface area contributed by atoms with Crippen molar-refractivity contribution in [2.24, 2.45) is 0 Å². The van der Waals surface area contributed by atoms with Gasteiger partial charge >= 0.3 is 39.4 Å². The molecule has 1 fully saturated rings. The monoisotopic (exact) mass is 2130 g/mol. The topological polar surface area (TPSA) is 183 Å². The van der Waals surface area contributed by atoms with E-state index in [1.165, 1.54) is 151 Å². The minimum Gasteiger partial charge on any atom is -1.00 e. The zero-order valence-corrected chi connectivity index (χ0v) is 87.8. The van der Waals surface area contributed by atoms with E-state index in [1.54, 1.807) is 6.07 Å². The summed E-state index contributed by atoms with van der Waals surface area (Å²) in [7, 11) is -3.26. The van der Waals surface area contributed by atoms with Crippen LogP contribution in [0, 0.1) is 7.43 Å². The van der Waals surface area contributed by atoms with Crippen LogP contribution in [0.25, 0.3) is 131 Å². The fourth-order valence-electron chi connectivity index (χ4n) is 18.9. The summed E-state index contributed by atoms with van der Waals surface area (Å²) >= 11 is 10.6. The van der Waals surface area contributed by atoms with Crippen molar-refractivity contribution in [2.75, 3.05) is 30.5 Å². The number of halogens is 4. The number of nitrogens with zero attached hydrogens (tertiary/aromatic N) is 1. The number of anilines is 5. The number of methoxy groups -OCH3 is 1. The van der Waals surface area contributed by atoms with Crippen LogP contribution in [0.2, 0.25) is 0 Å². The number of carboxylic acids is 1. The first kappa shape index (κ1) is 105. The Morgan fingerprint density at radius 2 is 0.693 bits per heavy atom. The summed E-state index contributed by atoms with van der Waals surface area (Å²) in [5.41, 5.74) is 21.5. The van der Waals surface area contributed by atoms with Crippen LogP contribution in [-0.4, -0.2) is 83.1 Å². The van der Waals surface area contributed by atoms with Crippen LogP contribution in [0.4, 0.5) is 28.4 Å². The van der Waals surface area contributed by atoms with Gasteiger partial charge in [-0.05, 0) is 282 Å². The summed E-state index contributed by atoms with van der Waals surface area (Å²) in [6, 6.07) is 141. The van der Waals surface area contributed by atoms with E-state index in [2.05, 4.69) is 371 Å². The summed E-state index contributed by atoms with van der Waals surface area (Å²) in [5, 5.41) is 41.7. The maximum Gasteiger partial charge on any atom is 2.00 e. The number of hydrogen-bond donors (Lipinski definition) is 5. The van der Waals surface area contributed by atoms with E-state index in [9.17, 15) is 9.90 Å². The molecule has 0 unspecified atom stereocenters. The minimum absolute atomic E-state index is 0. The van der Waals surface area contributed by atoms with Crippen molar-refractivity contribution in [3.63, 3.8) is 0 Å². The maximum atomic E-state index is 12.3. The second kappa shape index (κ2) is 46.3. The number of carbonyl (C=O) groups is 2. The zero-order chi connectivity index (χ0) is 96.3. The van der Waals surface area contributed by atoms with Crippen LogP contribution >= 0.6 is 47.8 Å². The number of aliphatic carboxylic acids is 1. The molecule has 5 N–H and O–H groups in total. The van der Waals surface area contributed by atoms with Crippen molar-refractivity contribution in [1.29, 1.82) is 0 Å². The second-order valence-corrected chi connectivity index (χ2v) is 39.0. The molecule has 0 saturated carbocycles. The molecule has 1 saturated heterocycles. The van der Waals surface area contributed by atoms with Crippen LogP contribution in [0.1, 0.15) is 99.5 Å². The summed E-state index contributed by atoms with van der Waals surface area (Å²) in [5.74, 6) is -1.17. The Kier molecular flexibility index (Phi) is 34.7. The van der Waals surface area contributed by atoms with E-state index >= 15 is 0 Å². The molecule has 1 heterocycles. The summed E-state index contributed by atoms with van der Waals surface area (Å²) in [4.78, 5) is 23.6. The molecular formula is C122H106Br4MgN2O10S. The maximum absolute atomic E-state index is 12.3. The van der Waals surface area contributed by atoms with Crippen molar-refractivity contribution < 1.29 is 63.8 Å². The summed E-state index contributed by atoms with van der Waals surface area (Å²) in [6.07, 6.45) is 2.56. The Morgan fingerprint density at radius 3 is 1.09 bits per heavy atom. The fourth-order valence-corrected chi connectivity index (χ4v) is 20.0. The fraction of sp³-hybridized carbons (Fsp3) is 0.123. The Morgan fingerprint density at radius 1 is 0.371 bits per heavy atom. The van der Waals surface area contributed by atoms with Gasteiger partial charge in [-0.2, -0.15) is 8.42 Å². The Hall–Kier alpha value is -12.5. The van der Waals surface area contributed by atoms with E-state index in [-0.39, 0.29) is 64.3 Å². The molecule has 1 aliphatic heterocycles. The molecule has 0 aromatic heterocycles. The van der Waals surface area contributed by atoms with E-state index in [0.717, 1.165) is 89.5 Å². The van der Waals surface area contributed by atoms with Gasteiger partial charge in [-0.1, -0.05) is 379 Å². The predicted octanol–water partition coefficient (Wildman–Crippen LogP) is 30.4. The van der Waals surface area contributed by atoms with E-state index in [0.29, 0.717) is 5.56 Å². The second-order valence-electron chi connectivity index (χ2n) is 35.4. The number of nitrogens with one attached hydrogen (secondary N) is 1. The Bertz CT molecular complexity index is 7890. The summed E-state index contributed by atoms with van der Waals surface area (Å²) in [6.45, 7) is 16.1. The van der Waals surface area contributed by atoms with E-state index in [1.807, 2.05) is 123 Å². The van der Waals surface area contributed by atoms with Gasteiger partial charge in [0.25, 0.3) is 5.97 Å². The van der Waals surface area contributed by atoms with Gasteiger partial charge in [0.15, 0.2) is 0 Å². The molecule has 2 aliphatic carbocycles. The zero-order valence-electron chi connectivity index (χ0n) is 79.2. The van der Waals surface area contributed by atoms with Crippen molar-refractivity contribution in [3.8, 4) is 44.5 Å². The number of aliphatic hydroxyl groups is 1. The molecule has 0 bridgehead atoms. The normalized spacial score (nSPS) is 12.4. The van der Waals surface area contributed by atoms with Gasteiger partial charge in [-0.15, -0.1) is 0 Å². The first-order valence-electron chi connectivity index (χ1n) is 45.3. The van der Waals surface area contributed by atoms with Gasteiger partial charge in [0.2, 0.25) is 0 Å². The average molecular weight is 2140 g/mol. The van der Waals surface area contributed by atoms with Crippen molar-refractivity contribution in [2.45, 2.75) is 77.7 Å². The third-order valence-corrected chi connectivity index (χ3v) is 26.7. The van der Waals surface area contributed by atoms with Crippen LogP contribution in [0.3, 0.4) is 0 Å². The molecule has 18 heteroatoms. The van der Waals surface area contributed by atoms with Gasteiger partial charge < -0.3 is 54.3 Å². The Labute approximate surface area is 871 Å². The SMILES string of the molecule is C1CCOC1.CC(=O)O.CC(C)(O)c1cc(Br)ccc1-c1cccc2c1ccc1ccccc12.CC1(C)c2cc(Br)ccc2-c2c1ccc1c2ccc2ccccc21.CC1(C)c2cc(N(c3ccccc3)c3ccccc3)ccc2-c2c1ccc1c2ccc2ccccc21.COC(=O)c1cc(Br)ccc1-c1cccc2c1ccc1ccccc12.O=S(=O)(O)O.[Br-].[CH3-].[Mg+2].c1ccc(Nc2ccccc2)cc1. The number of esters is 1. The molecule has 20 aromatic rings. The van der Waals surface area contributed by atoms with Gasteiger partial charge in [0, 0.05) is 72.8 Å². The minimum atomic E-state index is -4.67. The Balaban J connectivity index is 0.000000145. The average Bonchev–Trinajstić information content (AvgIpc) is 1.55. The number of para-hydroxylation sites is 4. The number of ether oxygens (including phenoxy) is 2. The van der Waals surface area contributed by atoms with Crippen LogP contribution in [-0.2, 0) is 41.1 Å². The van der Waals surface area contributed by atoms with E-state index < -0.39 is 22.0 Å². The van der Waals surface area contributed by atoms with Crippen molar-refractivity contribution in [1.82, 2.24) is 0 Å². The molecule has 0 amide bonds. The third kappa shape index (κ3) is 23.7. The van der Waals surface area contributed by atoms with Crippen LogP contribution in [0.15, 0.2) is 414 Å². The van der Waals surface area contributed by atoms with Crippen LogP contribution < -0.4 is 27.2 Å². The van der Waals surface area contributed by atoms with Gasteiger partial charge in [-0.3, -0.25) is 13.9 Å². The van der Waals surface area contributed by atoms with Gasteiger partial charge in [0.05, 0.1) is 18.3 Å². The van der Waals surface area contributed by atoms with Crippen molar-refractivity contribution >= 4 is 208 Å². The predicted molar refractivity (Wildman–Crippen MR) is 592 cm³/mol.